The van der Waals surface area contributed by atoms with E-state index in [-0.39, 0.29) is 18.5 Å². The third-order valence-electron chi connectivity index (χ3n) is 3.92. The largest absolute Gasteiger partial charge is 0.388 e. The molecule has 0 aliphatic heterocycles. The number of carbonyl (C=O) groups is 1. The van der Waals surface area contributed by atoms with Gasteiger partial charge in [-0.3, -0.25) is 0 Å². The van der Waals surface area contributed by atoms with Crippen LogP contribution >= 0.6 is 0 Å². The lowest BCUT2D eigenvalue weighted by atomic mass is 9.89. The number of carbonyl (C=O) groups excluding carboxylic acids is 1. The first-order valence-corrected chi connectivity index (χ1v) is 7.10. The predicted octanol–water partition coefficient (Wildman–Crippen LogP) is 3.22. The molecule has 20 heavy (non-hydrogen) atoms. The molecule has 2 amide bonds. The molecule has 4 heteroatoms. The fourth-order valence-electron chi connectivity index (χ4n) is 1.91. The molecule has 112 valence electrons. The molecular weight excluding hydrogens is 252 g/mol. The van der Waals surface area contributed by atoms with E-state index < -0.39 is 5.60 Å². The van der Waals surface area contributed by atoms with Crippen LogP contribution in [0.1, 0.15) is 38.3 Å². The van der Waals surface area contributed by atoms with Gasteiger partial charge >= 0.3 is 6.03 Å². The van der Waals surface area contributed by atoms with Gasteiger partial charge in [0.2, 0.25) is 0 Å². The van der Waals surface area contributed by atoms with E-state index in [1.54, 1.807) is 6.92 Å². The molecule has 1 aromatic rings. The van der Waals surface area contributed by atoms with Gasteiger partial charge in [0, 0.05) is 12.2 Å². The van der Waals surface area contributed by atoms with Crippen LogP contribution in [-0.2, 0) is 0 Å². The Morgan fingerprint density at radius 1 is 1.40 bits per heavy atom. The summed E-state index contributed by atoms with van der Waals surface area (Å²) in [5.74, 6) is 0.128. The van der Waals surface area contributed by atoms with Crippen molar-refractivity contribution in [1.82, 2.24) is 5.32 Å². The summed E-state index contributed by atoms with van der Waals surface area (Å²) < 4.78 is 0. The zero-order valence-electron chi connectivity index (χ0n) is 13.1. The molecule has 0 saturated heterocycles. The molecule has 2 unspecified atom stereocenters. The van der Waals surface area contributed by atoms with Gasteiger partial charge in [-0.15, -0.1) is 0 Å². The van der Waals surface area contributed by atoms with Gasteiger partial charge in [-0.2, -0.15) is 0 Å². The van der Waals surface area contributed by atoms with Gasteiger partial charge in [-0.05, 0) is 43.9 Å². The number of amides is 2. The van der Waals surface area contributed by atoms with Gasteiger partial charge in [0.1, 0.15) is 0 Å². The Labute approximate surface area is 121 Å². The van der Waals surface area contributed by atoms with E-state index in [9.17, 15) is 9.90 Å². The highest BCUT2D eigenvalue weighted by Gasteiger charge is 2.27. The van der Waals surface area contributed by atoms with Crippen LogP contribution in [0.4, 0.5) is 10.5 Å². The second-order valence-electron chi connectivity index (χ2n) is 5.79. The second kappa shape index (κ2) is 6.75. The predicted molar refractivity (Wildman–Crippen MR) is 83.0 cm³/mol. The summed E-state index contributed by atoms with van der Waals surface area (Å²) in [7, 11) is 0. The molecule has 0 aliphatic rings. The molecule has 0 radical (unpaired) electrons. The van der Waals surface area contributed by atoms with Crippen molar-refractivity contribution in [3.63, 3.8) is 0 Å². The number of hydrogen-bond acceptors (Lipinski definition) is 2. The van der Waals surface area contributed by atoms with E-state index in [0.717, 1.165) is 23.2 Å². The molecular formula is C16H26N2O2. The van der Waals surface area contributed by atoms with Crippen molar-refractivity contribution in [1.29, 1.82) is 0 Å². The van der Waals surface area contributed by atoms with Crippen molar-refractivity contribution in [3.05, 3.63) is 29.3 Å². The maximum Gasteiger partial charge on any atom is 0.319 e. The van der Waals surface area contributed by atoms with Crippen LogP contribution in [0, 0.1) is 19.8 Å². The minimum absolute atomic E-state index is 0.128. The van der Waals surface area contributed by atoms with E-state index in [1.165, 1.54) is 0 Å². The van der Waals surface area contributed by atoms with E-state index in [0.29, 0.717) is 0 Å². The summed E-state index contributed by atoms with van der Waals surface area (Å²) in [6.07, 6.45) is 0.868. The number of aryl methyl sites for hydroxylation is 2. The quantitative estimate of drug-likeness (QED) is 0.774. The molecule has 0 spiro atoms. The van der Waals surface area contributed by atoms with Crippen molar-refractivity contribution < 1.29 is 9.90 Å². The zero-order valence-corrected chi connectivity index (χ0v) is 13.1. The van der Waals surface area contributed by atoms with Gasteiger partial charge in [0.05, 0.1) is 5.60 Å². The minimum Gasteiger partial charge on any atom is -0.388 e. The van der Waals surface area contributed by atoms with Crippen LogP contribution in [0.15, 0.2) is 18.2 Å². The second-order valence-corrected chi connectivity index (χ2v) is 5.79. The number of hydrogen-bond donors (Lipinski definition) is 3. The fourth-order valence-corrected chi connectivity index (χ4v) is 1.91. The van der Waals surface area contributed by atoms with Crippen molar-refractivity contribution in [2.45, 2.75) is 46.6 Å². The van der Waals surface area contributed by atoms with Crippen LogP contribution < -0.4 is 10.6 Å². The lowest BCUT2D eigenvalue weighted by molar-refractivity contribution is 0.00827. The van der Waals surface area contributed by atoms with Crippen molar-refractivity contribution >= 4 is 11.7 Å². The fraction of sp³-hybridized carbons (Fsp3) is 0.562. The first-order chi connectivity index (χ1) is 9.26. The van der Waals surface area contributed by atoms with Gasteiger partial charge in [0.25, 0.3) is 0 Å². The molecule has 0 aliphatic carbocycles. The molecule has 0 aromatic heterocycles. The van der Waals surface area contributed by atoms with Gasteiger partial charge < -0.3 is 15.7 Å². The molecule has 3 N–H and O–H groups in total. The maximum atomic E-state index is 11.9. The molecule has 1 rings (SSSR count). The summed E-state index contributed by atoms with van der Waals surface area (Å²) in [6, 6.07) is 5.62. The summed E-state index contributed by atoms with van der Waals surface area (Å²) in [6.45, 7) is 9.91. The highest BCUT2D eigenvalue weighted by atomic mass is 16.3. The van der Waals surface area contributed by atoms with Crippen LogP contribution in [-0.4, -0.2) is 23.3 Å². The number of urea groups is 1. The molecule has 0 fully saturated rings. The van der Waals surface area contributed by atoms with E-state index in [1.807, 2.05) is 45.9 Å². The van der Waals surface area contributed by atoms with Crippen LogP contribution in [0.25, 0.3) is 0 Å². The average Bonchev–Trinajstić information content (AvgIpc) is 2.39. The Morgan fingerprint density at radius 2 is 2.05 bits per heavy atom. The Balaban J connectivity index is 2.58. The summed E-state index contributed by atoms with van der Waals surface area (Å²) in [5.41, 5.74) is 2.01. The highest BCUT2D eigenvalue weighted by Crippen LogP contribution is 2.19. The first-order valence-electron chi connectivity index (χ1n) is 7.10. The summed E-state index contributed by atoms with van der Waals surface area (Å²) in [4.78, 5) is 11.9. The van der Waals surface area contributed by atoms with E-state index in [4.69, 9.17) is 0 Å². The number of anilines is 1. The molecule has 2 atom stereocenters. The number of benzene rings is 1. The Bertz CT molecular complexity index is 470. The van der Waals surface area contributed by atoms with Gasteiger partial charge in [-0.25, -0.2) is 4.79 Å². The third kappa shape index (κ3) is 4.53. The zero-order chi connectivity index (χ0) is 15.3. The Morgan fingerprint density at radius 3 is 2.65 bits per heavy atom. The van der Waals surface area contributed by atoms with Gasteiger partial charge in [0.15, 0.2) is 0 Å². The topological polar surface area (TPSA) is 61.4 Å². The van der Waals surface area contributed by atoms with E-state index >= 15 is 0 Å². The number of rotatable bonds is 5. The maximum absolute atomic E-state index is 11.9. The van der Waals surface area contributed by atoms with Crippen LogP contribution in [0.5, 0.6) is 0 Å². The average molecular weight is 278 g/mol. The Kier molecular flexibility index (Phi) is 5.57. The number of aliphatic hydroxyl groups is 1. The molecule has 0 bridgehead atoms. The monoisotopic (exact) mass is 278 g/mol. The minimum atomic E-state index is -0.895. The third-order valence-corrected chi connectivity index (χ3v) is 3.92. The van der Waals surface area contributed by atoms with Crippen molar-refractivity contribution in [3.8, 4) is 0 Å². The smallest absolute Gasteiger partial charge is 0.319 e. The van der Waals surface area contributed by atoms with Crippen LogP contribution in [0.2, 0.25) is 0 Å². The molecule has 1 aromatic carbocycles. The molecule has 4 nitrogen and oxygen atoms in total. The summed E-state index contributed by atoms with van der Waals surface area (Å²) >= 11 is 0. The molecule has 0 heterocycles. The van der Waals surface area contributed by atoms with Crippen molar-refractivity contribution in [2.24, 2.45) is 5.92 Å². The lowest BCUT2D eigenvalue weighted by Crippen LogP contribution is -2.46. The van der Waals surface area contributed by atoms with Gasteiger partial charge in [-0.1, -0.05) is 32.4 Å². The normalized spacial score (nSPS) is 15.3. The first kappa shape index (κ1) is 16.5. The van der Waals surface area contributed by atoms with E-state index in [2.05, 4.69) is 10.6 Å². The highest BCUT2D eigenvalue weighted by molar-refractivity contribution is 5.90. The molecule has 0 saturated carbocycles. The lowest BCUT2D eigenvalue weighted by Gasteiger charge is -2.29. The Hall–Kier alpha value is -1.55. The number of nitrogens with one attached hydrogen (secondary N) is 2. The SMILES string of the molecule is CCC(C)C(C)(O)CNC(=O)Nc1cc(C)ccc1C. The van der Waals surface area contributed by atoms with Crippen LogP contribution in [0.3, 0.4) is 0 Å². The summed E-state index contributed by atoms with van der Waals surface area (Å²) in [5, 5.41) is 15.8. The van der Waals surface area contributed by atoms with Crippen molar-refractivity contribution in [2.75, 3.05) is 11.9 Å². The standard InChI is InChI=1S/C16H26N2O2/c1-6-13(4)16(5,20)10-17-15(19)18-14-9-11(2)7-8-12(14)3/h7-9,13,20H,6,10H2,1-5H3,(H2,17,18,19).